The van der Waals surface area contributed by atoms with E-state index in [0.29, 0.717) is 29.3 Å². The summed E-state index contributed by atoms with van der Waals surface area (Å²) in [5.74, 6) is 0.108. The molecular formula is C26H26ClF6N5O2. The molecule has 0 aliphatic rings. The zero-order valence-electron chi connectivity index (χ0n) is 21.7. The number of alkyl halides is 6. The van der Waals surface area contributed by atoms with E-state index in [1.807, 2.05) is 19.0 Å². The monoisotopic (exact) mass is 589 g/mol. The van der Waals surface area contributed by atoms with Gasteiger partial charge in [-0.3, -0.25) is 0 Å². The van der Waals surface area contributed by atoms with Crippen LogP contribution in [0, 0.1) is 0 Å². The average Bonchev–Trinajstić information content (AvgIpc) is 2.86. The summed E-state index contributed by atoms with van der Waals surface area (Å²) in [4.78, 5) is 24.4. The lowest BCUT2D eigenvalue weighted by molar-refractivity contribution is -0.143. The first kappa shape index (κ1) is 31.1. The average molecular weight is 590 g/mol. The Kier molecular flexibility index (Phi) is 9.98. The summed E-state index contributed by atoms with van der Waals surface area (Å²) in [5.41, 5.74) is -2.64. The van der Waals surface area contributed by atoms with Gasteiger partial charge in [-0.2, -0.15) is 31.3 Å². The van der Waals surface area contributed by atoms with E-state index in [2.05, 4.69) is 15.3 Å². The molecule has 1 amide bonds. The molecule has 0 bridgehead atoms. The molecule has 0 spiro atoms. The lowest BCUT2D eigenvalue weighted by Crippen LogP contribution is -2.30. The van der Waals surface area contributed by atoms with Gasteiger partial charge in [-0.1, -0.05) is 29.8 Å². The van der Waals surface area contributed by atoms with Crippen molar-refractivity contribution in [1.29, 1.82) is 0 Å². The van der Waals surface area contributed by atoms with Crippen molar-refractivity contribution in [2.24, 2.45) is 0 Å². The number of nitrogens with one attached hydrogen (secondary N) is 1. The summed E-state index contributed by atoms with van der Waals surface area (Å²) < 4.78 is 84.9. The van der Waals surface area contributed by atoms with Gasteiger partial charge in [0, 0.05) is 43.5 Å². The third kappa shape index (κ3) is 8.54. The summed E-state index contributed by atoms with van der Waals surface area (Å²) in [6, 6.07) is 7.77. The molecule has 14 heteroatoms. The van der Waals surface area contributed by atoms with Crippen LogP contribution >= 0.6 is 11.6 Å². The molecule has 1 N–H and O–H groups in total. The number of rotatable bonds is 9. The second-order valence-corrected chi connectivity index (χ2v) is 9.51. The van der Waals surface area contributed by atoms with Gasteiger partial charge in [-0.25, -0.2) is 9.78 Å². The van der Waals surface area contributed by atoms with E-state index < -0.39 is 36.1 Å². The molecule has 0 aliphatic carbocycles. The number of amides is 1. The molecule has 0 atom stereocenters. The van der Waals surface area contributed by atoms with Gasteiger partial charge in [0.25, 0.3) is 0 Å². The SMILES string of the molecule is CN(C)CCNCc1ncc(-c2ccccc2Cl)c(OC(=O)N(C)Cc2cc(C(F)(F)F)cc(C(F)(F)F)c2)n1. The Morgan fingerprint density at radius 3 is 2.17 bits per heavy atom. The zero-order valence-corrected chi connectivity index (χ0v) is 22.5. The van der Waals surface area contributed by atoms with Gasteiger partial charge in [-0.05, 0) is 43.9 Å². The molecular weight excluding hydrogens is 564 g/mol. The molecule has 0 radical (unpaired) electrons. The minimum Gasteiger partial charge on any atom is -0.390 e. The number of aromatic nitrogens is 2. The Hall–Kier alpha value is -3.42. The molecule has 0 unspecified atom stereocenters. The van der Waals surface area contributed by atoms with E-state index in [-0.39, 0.29) is 35.4 Å². The number of hydrogen-bond acceptors (Lipinski definition) is 6. The van der Waals surface area contributed by atoms with Crippen LogP contribution in [0.2, 0.25) is 5.02 Å². The number of carbonyl (C=O) groups excluding carboxylic acids is 1. The van der Waals surface area contributed by atoms with Crippen molar-refractivity contribution in [2.75, 3.05) is 34.2 Å². The first-order chi connectivity index (χ1) is 18.6. The molecule has 0 aliphatic heterocycles. The Morgan fingerprint density at radius 2 is 1.60 bits per heavy atom. The van der Waals surface area contributed by atoms with Crippen LogP contribution in [0.15, 0.2) is 48.7 Å². The summed E-state index contributed by atoms with van der Waals surface area (Å²) in [6.07, 6.45) is -9.68. The predicted molar refractivity (Wildman–Crippen MR) is 137 cm³/mol. The van der Waals surface area contributed by atoms with E-state index in [4.69, 9.17) is 16.3 Å². The standard InChI is InChI=1S/C26H26ClF6N5O2/c1-37(2)9-8-34-14-22-35-13-20(19-6-4-5-7-21(19)27)23(36-22)40-24(39)38(3)15-16-10-17(25(28,29)30)12-18(11-16)26(31,32)33/h4-7,10-13,34H,8-9,14-15H2,1-3H3. The molecule has 0 fully saturated rings. The van der Waals surface area contributed by atoms with Crippen molar-refractivity contribution >= 4 is 17.7 Å². The molecule has 1 heterocycles. The predicted octanol–water partition coefficient (Wildman–Crippen LogP) is 6.12. The number of likely N-dealkylation sites (N-methyl/N-ethyl adjacent to an activating group) is 1. The summed E-state index contributed by atoms with van der Waals surface area (Å²) >= 11 is 6.30. The van der Waals surface area contributed by atoms with Crippen LogP contribution in [0.4, 0.5) is 31.1 Å². The van der Waals surface area contributed by atoms with Crippen molar-refractivity contribution in [3.8, 4) is 17.0 Å². The third-order valence-corrected chi connectivity index (χ3v) is 5.88. The van der Waals surface area contributed by atoms with Crippen LogP contribution in [-0.4, -0.2) is 60.1 Å². The first-order valence-electron chi connectivity index (χ1n) is 11.8. The van der Waals surface area contributed by atoms with E-state index in [0.717, 1.165) is 11.4 Å². The van der Waals surface area contributed by atoms with Gasteiger partial charge in [0.05, 0.1) is 23.2 Å². The number of halogens is 7. The quantitative estimate of drug-likeness (QED) is 0.240. The fourth-order valence-corrected chi connectivity index (χ4v) is 3.78. The highest BCUT2D eigenvalue weighted by Crippen LogP contribution is 2.37. The van der Waals surface area contributed by atoms with E-state index in [9.17, 15) is 31.1 Å². The summed E-state index contributed by atoms with van der Waals surface area (Å²) in [6.45, 7) is 1.01. The van der Waals surface area contributed by atoms with Crippen LogP contribution in [0.25, 0.3) is 11.1 Å². The summed E-state index contributed by atoms with van der Waals surface area (Å²) in [5, 5.41) is 3.46. The van der Waals surface area contributed by atoms with Gasteiger partial charge >= 0.3 is 18.4 Å². The van der Waals surface area contributed by atoms with Crippen molar-refractivity contribution in [3.63, 3.8) is 0 Å². The molecule has 3 aromatic rings. The van der Waals surface area contributed by atoms with Crippen molar-refractivity contribution in [3.05, 3.63) is 76.2 Å². The topological polar surface area (TPSA) is 70.6 Å². The molecule has 2 aromatic carbocycles. The van der Waals surface area contributed by atoms with Crippen LogP contribution in [0.5, 0.6) is 5.88 Å². The minimum absolute atomic E-state index is 0.0205. The van der Waals surface area contributed by atoms with Crippen molar-refractivity contribution in [2.45, 2.75) is 25.4 Å². The second-order valence-electron chi connectivity index (χ2n) is 9.10. The van der Waals surface area contributed by atoms with E-state index in [1.54, 1.807) is 24.3 Å². The molecule has 0 saturated heterocycles. The smallest absolute Gasteiger partial charge is 0.390 e. The van der Waals surface area contributed by atoms with Crippen LogP contribution in [-0.2, 0) is 25.4 Å². The lowest BCUT2D eigenvalue weighted by atomic mass is 10.0. The minimum atomic E-state index is -5.02. The van der Waals surface area contributed by atoms with E-state index >= 15 is 0 Å². The normalized spacial score (nSPS) is 12.1. The lowest BCUT2D eigenvalue weighted by Gasteiger charge is -2.20. The molecule has 0 saturated carbocycles. The van der Waals surface area contributed by atoms with Gasteiger partial charge in [-0.15, -0.1) is 0 Å². The highest BCUT2D eigenvalue weighted by atomic mass is 35.5. The Morgan fingerprint density at radius 1 is 0.975 bits per heavy atom. The third-order valence-electron chi connectivity index (χ3n) is 5.55. The van der Waals surface area contributed by atoms with Gasteiger partial charge < -0.3 is 19.9 Å². The second kappa shape index (κ2) is 12.8. The van der Waals surface area contributed by atoms with Crippen LogP contribution < -0.4 is 10.1 Å². The maximum absolute atomic E-state index is 13.2. The number of hydrogen-bond donors (Lipinski definition) is 1. The fourth-order valence-electron chi connectivity index (χ4n) is 3.54. The highest BCUT2D eigenvalue weighted by Gasteiger charge is 2.37. The Balaban J connectivity index is 1.87. The first-order valence-corrected chi connectivity index (χ1v) is 12.2. The summed E-state index contributed by atoms with van der Waals surface area (Å²) in [7, 11) is 5.00. The maximum atomic E-state index is 13.2. The molecule has 3 rings (SSSR count). The number of benzene rings is 2. The van der Waals surface area contributed by atoms with Gasteiger partial charge in [0.2, 0.25) is 5.88 Å². The maximum Gasteiger partial charge on any atom is 0.416 e. The van der Waals surface area contributed by atoms with Crippen LogP contribution in [0.3, 0.4) is 0 Å². The zero-order chi connectivity index (χ0) is 29.7. The van der Waals surface area contributed by atoms with Crippen molar-refractivity contribution < 1.29 is 35.9 Å². The van der Waals surface area contributed by atoms with Crippen molar-refractivity contribution in [1.82, 2.24) is 25.1 Å². The van der Waals surface area contributed by atoms with Gasteiger partial charge in [0.15, 0.2) is 0 Å². The molecule has 7 nitrogen and oxygen atoms in total. The van der Waals surface area contributed by atoms with Gasteiger partial charge in [0.1, 0.15) is 5.82 Å². The number of nitrogens with zero attached hydrogens (tertiary/aromatic N) is 4. The van der Waals surface area contributed by atoms with E-state index in [1.165, 1.54) is 13.2 Å². The number of ether oxygens (including phenoxy) is 1. The molecule has 216 valence electrons. The number of carbonyl (C=O) groups is 1. The highest BCUT2D eigenvalue weighted by molar-refractivity contribution is 6.33. The molecule has 40 heavy (non-hydrogen) atoms. The largest absolute Gasteiger partial charge is 0.416 e. The Labute approximate surface area is 231 Å². The van der Waals surface area contributed by atoms with Crippen LogP contribution in [0.1, 0.15) is 22.5 Å². The fraction of sp³-hybridized carbons (Fsp3) is 0.346. The Bertz CT molecular complexity index is 1300. The molecule has 1 aromatic heterocycles.